The topological polar surface area (TPSA) is 20.2 Å². The first-order chi connectivity index (χ1) is 6.99. The van der Waals surface area contributed by atoms with Crippen molar-refractivity contribution in [2.24, 2.45) is 11.3 Å². The standard InChI is InChI=1S/C13H17BrO/c1-13(2)8-11(13)12(15)7-9-4-3-5-10(14)6-9/h3-6,11-12,15H,7-8H2,1-2H3. The molecule has 82 valence electrons. The summed E-state index contributed by atoms with van der Waals surface area (Å²) in [7, 11) is 0. The SMILES string of the molecule is CC1(C)CC1C(O)Cc1cccc(Br)c1. The van der Waals surface area contributed by atoms with E-state index in [1.807, 2.05) is 12.1 Å². The van der Waals surface area contributed by atoms with Gasteiger partial charge in [-0.25, -0.2) is 0 Å². The average molecular weight is 269 g/mol. The summed E-state index contributed by atoms with van der Waals surface area (Å²) in [4.78, 5) is 0. The normalized spacial score (nSPS) is 24.9. The lowest BCUT2D eigenvalue weighted by atomic mass is 10.00. The van der Waals surface area contributed by atoms with Crippen LogP contribution in [0.3, 0.4) is 0 Å². The smallest absolute Gasteiger partial charge is 0.0614 e. The van der Waals surface area contributed by atoms with Crippen LogP contribution < -0.4 is 0 Å². The second kappa shape index (κ2) is 3.91. The summed E-state index contributed by atoms with van der Waals surface area (Å²) in [6.45, 7) is 4.45. The van der Waals surface area contributed by atoms with E-state index in [2.05, 4.69) is 41.9 Å². The van der Waals surface area contributed by atoms with E-state index >= 15 is 0 Å². The third kappa shape index (κ3) is 2.61. The molecule has 1 N–H and O–H groups in total. The second-order valence-corrected chi connectivity index (χ2v) is 6.12. The molecule has 0 aliphatic heterocycles. The fourth-order valence-electron chi connectivity index (χ4n) is 2.21. The molecule has 0 saturated heterocycles. The zero-order valence-corrected chi connectivity index (χ0v) is 10.8. The monoisotopic (exact) mass is 268 g/mol. The summed E-state index contributed by atoms with van der Waals surface area (Å²) in [5, 5.41) is 10.1. The van der Waals surface area contributed by atoms with Crippen molar-refractivity contribution >= 4 is 15.9 Å². The molecule has 1 aliphatic carbocycles. The van der Waals surface area contributed by atoms with Gasteiger partial charge in [0.25, 0.3) is 0 Å². The summed E-state index contributed by atoms with van der Waals surface area (Å²) in [6.07, 6.45) is 1.74. The summed E-state index contributed by atoms with van der Waals surface area (Å²) in [5.41, 5.74) is 1.56. The van der Waals surface area contributed by atoms with Crippen LogP contribution in [-0.2, 0) is 6.42 Å². The van der Waals surface area contributed by atoms with Gasteiger partial charge in [-0.15, -0.1) is 0 Å². The Kier molecular flexibility index (Phi) is 2.91. The first-order valence-electron chi connectivity index (χ1n) is 5.41. The van der Waals surface area contributed by atoms with Crippen molar-refractivity contribution in [2.75, 3.05) is 0 Å². The molecule has 1 aromatic carbocycles. The van der Waals surface area contributed by atoms with Gasteiger partial charge in [0, 0.05) is 4.47 Å². The van der Waals surface area contributed by atoms with Crippen LogP contribution in [-0.4, -0.2) is 11.2 Å². The molecule has 0 spiro atoms. The number of hydrogen-bond acceptors (Lipinski definition) is 1. The summed E-state index contributed by atoms with van der Waals surface area (Å²) in [6, 6.07) is 8.18. The molecule has 2 unspecified atom stereocenters. The highest BCUT2D eigenvalue weighted by atomic mass is 79.9. The van der Waals surface area contributed by atoms with Crippen LogP contribution in [0.25, 0.3) is 0 Å². The summed E-state index contributed by atoms with van der Waals surface area (Å²) < 4.78 is 1.09. The van der Waals surface area contributed by atoms with Crippen molar-refractivity contribution in [1.29, 1.82) is 0 Å². The van der Waals surface area contributed by atoms with Crippen molar-refractivity contribution in [1.82, 2.24) is 0 Å². The highest BCUT2D eigenvalue weighted by Crippen LogP contribution is 2.53. The highest BCUT2D eigenvalue weighted by molar-refractivity contribution is 9.10. The van der Waals surface area contributed by atoms with E-state index in [-0.39, 0.29) is 6.10 Å². The molecular formula is C13H17BrO. The molecule has 1 nitrogen and oxygen atoms in total. The van der Waals surface area contributed by atoms with E-state index in [1.165, 1.54) is 5.56 Å². The predicted molar refractivity (Wildman–Crippen MR) is 65.7 cm³/mol. The van der Waals surface area contributed by atoms with Gasteiger partial charge in [-0.3, -0.25) is 0 Å². The average Bonchev–Trinajstić information content (AvgIpc) is 2.75. The Morgan fingerprint density at radius 3 is 2.73 bits per heavy atom. The van der Waals surface area contributed by atoms with Crippen LogP contribution in [0, 0.1) is 11.3 Å². The Balaban J connectivity index is 1.98. The molecule has 0 bridgehead atoms. The third-order valence-electron chi connectivity index (χ3n) is 3.39. The first-order valence-corrected chi connectivity index (χ1v) is 6.21. The molecule has 2 rings (SSSR count). The lowest BCUT2D eigenvalue weighted by molar-refractivity contribution is 0.137. The maximum atomic E-state index is 10.1. The lowest BCUT2D eigenvalue weighted by Crippen LogP contribution is -2.16. The van der Waals surface area contributed by atoms with Gasteiger partial charge in [0.1, 0.15) is 0 Å². The van der Waals surface area contributed by atoms with Crippen LogP contribution in [0.2, 0.25) is 0 Å². The van der Waals surface area contributed by atoms with Crippen molar-refractivity contribution < 1.29 is 5.11 Å². The van der Waals surface area contributed by atoms with Gasteiger partial charge in [0.2, 0.25) is 0 Å². The van der Waals surface area contributed by atoms with Gasteiger partial charge in [0.15, 0.2) is 0 Å². The van der Waals surface area contributed by atoms with Crippen LogP contribution >= 0.6 is 15.9 Å². The summed E-state index contributed by atoms with van der Waals surface area (Å²) >= 11 is 3.45. The maximum Gasteiger partial charge on any atom is 0.0614 e. The number of aliphatic hydroxyl groups is 1. The van der Waals surface area contributed by atoms with E-state index in [4.69, 9.17) is 0 Å². The molecule has 0 aromatic heterocycles. The molecule has 1 aliphatic rings. The zero-order chi connectivity index (χ0) is 11.1. The van der Waals surface area contributed by atoms with Crippen LogP contribution in [0.1, 0.15) is 25.8 Å². The van der Waals surface area contributed by atoms with E-state index < -0.39 is 0 Å². The number of aliphatic hydroxyl groups excluding tert-OH is 1. The fraction of sp³-hybridized carbons (Fsp3) is 0.538. The molecule has 0 radical (unpaired) electrons. The number of hydrogen-bond donors (Lipinski definition) is 1. The number of rotatable bonds is 3. The van der Waals surface area contributed by atoms with Crippen molar-refractivity contribution in [3.8, 4) is 0 Å². The second-order valence-electron chi connectivity index (χ2n) is 5.20. The molecule has 1 aromatic rings. The van der Waals surface area contributed by atoms with Crippen LogP contribution in [0.15, 0.2) is 28.7 Å². The largest absolute Gasteiger partial charge is 0.392 e. The molecule has 1 fully saturated rings. The van der Waals surface area contributed by atoms with Crippen LogP contribution in [0.5, 0.6) is 0 Å². The minimum absolute atomic E-state index is 0.186. The third-order valence-corrected chi connectivity index (χ3v) is 3.88. The van der Waals surface area contributed by atoms with Gasteiger partial charge in [0.05, 0.1) is 6.10 Å². The van der Waals surface area contributed by atoms with Crippen molar-refractivity contribution in [2.45, 2.75) is 32.8 Å². The predicted octanol–water partition coefficient (Wildman–Crippen LogP) is 3.40. The Hall–Kier alpha value is -0.340. The molecule has 15 heavy (non-hydrogen) atoms. The van der Waals surface area contributed by atoms with Gasteiger partial charge < -0.3 is 5.11 Å². The van der Waals surface area contributed by atoms with E-state index in [9.17, 15) is 5.11 Å². The van der Waals surface area contributed by atoms with Crippen molar-refractivity contribution in [3.63, 3.8) is 0 Å². The Morgan fingerprint density at radius 2 is 2.20 bits per heavy atom. The minimum Gasteiger partial charge on any atom is -0.392 e. The van der Waals surface area contributed by atoms with Gasteiger partial charge in [-0.05, 0) is 41.9 Å². The van der Waals surface area contributed by atoms with E-state index in [0.717, 1.165) is 17.3 Å². The van der Waals surface area contributed by atoms with Crippen molar-refractivity contribution in [3.05, 3.63) is 34.3 Å². The quantitative estimate of drug-likeness (QED) is 0.891. The van der Waals surface area contributed by atoms with Crippen LogP contribution in [0.4, 0.5) is 0 Å². The van der Waals surface area contributed by atoms with Gasteiger partial charge in [-0.1, -0.05) is 41.9 Å². The van der Waals surface area contributed by atoms with E-state index in [0.29, 0.717) is 11.3 Å². The molecule has 0 amide bonds. The Labute approximate surface area is 99.6 Å². The molecule has 2 atom stereocenters. The molecule has 0 heterocycles. The maximum absolute atomic E-state index is 10.1. The van der Waals surface area contributed by atoms with E-state index in [1.54, 1.807) is 0 Å². The lowest BCUT2D eigenvalue weighted by Gasteiger charge is -2.12. The minimum atomic E-state index is -0.186. The number of halogens is 1. The van der Waals surface area contributed by atoms with Gasteiger partial charge >= 0.3 is 0 Å². The summed E-state index contributed by atoms with van der Waals surface area (Å²) in [5.74, 6) is 0.483. The van der Waals surface area contributed by atoms with Gasteiger partial charge in [-0.2, -0.15) is 0 Å². The zero-order valence-electron chi connectivity index (χ0n) is 9.20. The molecule has 2 heteroatoms. The molecule has 1 saturated carbocycles. The Bertz CT molecular complexity index is 359. The Morgan fingerprint density at radius 1 is 1.53 bits per heavy atom. The number of benzene rings is 1. The molecular weight excluding hydrogens is 252 g/mol. The highest BCUT2D eigenvalue weighted by Gasteiger charge is 2.49. The fourth-order valence-corrected chi connectivity index (χ4v) is 2.66. The first kappa shape index (κ1) is 11.2.